The van der Waals surface area contributed by atoms with E-state index in [1.807, 2.05) is 29.2 Å². The van der Waals surface area contributed by atoms with E-state index in [1.165, 1.54) is 0 Å². The van der Waals surface area contributed by atoms with Crippen molar-refractivity contribution in [3.8, 4) is 0 Å². The molecule has 1 aromatic rings. The lowest BCUT2D eigenvalue weighted by molar-refractivity contribution is -0.125. The van der Waals surface area contributed by atoms with Crippen molar-refractivity contribution < 1.29 is 9.59 Å². The fourth-order valence-electron chi connectivity index (χ4n) is 2.47. The van der Waals surface area contributed by atoms with E-state index in [-0.39, 0.29) is 30.3 Å². The monoisotopic (exact) mass is 289 g/mol. The molecule has 0 spiro atoms. The molecule has 1 aliphatic rings. The summed E-state index contributed by atoms with van der Waals surface area (Å²) < 4.78 is 0. The molecule has 2 amide bonds. The van der Waals surface area contributed by atoms with E-state index in [4.69, 9.17) is 0 Å². The maximum atomic E-state index is 12.2. The highest BCUT2D eigenvalue weighted by Gasteiger charge is 2.21. The Labute approximate surface area is 125 Å². The summed E-state index contributed by atoms with van der Waals surface area (Å²) in [6, 6.07) is 7.84. The summed E-state index contributed by atoms with van der Waals surface area (Å²) in [6.45, 7) is 8.19. The number of hydrogen-bond donors (Lipinski definition) is 2. The van der Waals surface area contributed by atoms with Gasteiger partial charge in [0.05, 0.1) is 13.1 Å². The van der Waals surface area contributed by atoms with Crippen LogP contribution < -0.4 is 10.6 Å². The predicted molar refractivity (Wildman–Crippen MR) is 83.2 cm³/mol. The molecule has 1 aliphatic heterocycles. The Balaban J connectivity index is 2.01. The largest absolute Gasteiger partial charge is 0.354 e. The van der Waals surface area contributed by atoms with Crippen molar-refractivity contribution in [3.63, 3.8) is 0 Å². The number of amides is 2. The lowest BCUT2D eigenvalue weighted by Gasteiger charge is -2.27. The third-order valence-corrected chi connectivity index (χ3v) is 3.49. The number of carbonyl (C=O) groups is 2. The first-order valence-corrected chi connectivity index (χ1v) is 7.24. The Bertz CT molecular complexity index is 535. The highest BCUT2D eigenvalue weighted by molar-refractivity contribution is 5.93. The Morgan fingerprint density at radius 1 is 1.33 bits per heavy atom. The Morgan fingerprint density at radius 3 is 2.71 bits per heavy atom. The van der Waals surface area contributed by atoms with Crippen LogP contribution in [0.4, 0.5) is 5.69 Å². The SMILES string of the molecule is CC(C)(C)c1ccccc1NC(=O)CN1CCNC(=O)C1. The van der Waals surface area contributed by atoms with Crippen molar-refractivity contribution >= 4 is 17.5 Å². The van der Waals surface area contributed by atoms with Crippen LogP contribution in [-0.2, 0) is 15.0 Å². The molecule has 1 saturated heterocycles. The number of para-hydroxylation sites is 1. The summed E-state index contributed by atoms with van der Waals surface area (Å²) in [5, 5.41) is 5.72. The van der Waals surface area contributed by atoms with Gasteiger partial charge in [-0.05, 0) is 17.0 Å². The second kappa shape index (κ2) is 6.26. The van der Waals surface area contributed by atoms with Gasteiger partial charge in [-0.25, -0.2) is 0 Å². The van der Waals surface area contributed by atoms with Gasteiger partial charge in [0.1, 0.15) is 0 Å². The van der Waals surface area contributed by atoms with E-state index in [2.05, 4.69) is 31.4 Å². The molecule has 21 heavy (non-hydrogen) atoms. The molecule has 2 rings (SSSR count). The number of carbonyl (C=O) groups excluding carboxylic acids is 2. The maximum absolute atomic E-state index is 12.2. The predicted octanol–water partition coefficient (Wildman–Crippen LogP) is 1.35. The first kappa shape index (κ1) is 15.5. The Morgan fingerprint density at radius 2 is 2.05 bits per heavy atom. The van der Waals surface area contributed by atoms with Gasteiger partial charge in [0.25, 0.3) is 0 Å². The van der Waals surface area contributed by atoms with Crippen LogP contribution in [0.2, 0.25) is 0 Å². The molecule has 5 nitrogen and oxygen atoms in total. The summed E-state index contributed by atoms with van der Waals surface area (Å²) in [6.07, 6.45) is 0. The third-order valence-electron chi connectivity index (χ3n) is 3.49. The quantitative estimate of drug-likeness (QED) is 0.883. The van der Waals surface area contributed by atoms with Gasteiger partial charge in [0.2, 0.25) is 11.8 Å². The Hall–Kier alpha value is -1.88. The summed E-state index contributed by atoms with van der Waals surface area (Å²) in [5.74, 6) is -0.106. The Kier molecular flexibility index (Phi) is 4.63. The van der Waals surface area contributed by atoms with Crippen molar-refractivity contribution in [2.24, 2.45) is 0 Å². The van der Waals surface area contributed by atoms with Crippen LogP contribution in [0.5, 0.6) is 0 Å². The minimum absolute atomic E-state index is 0.0239. The average Bonchev–Trinajstić information content (AvgIpc) is 2.37. The molecule has 0 atom stereocenters. The van der Waals surface area contributed by atoms with E-state index in [0.717, 1.165) is 11.3 Å². The lowest BCUT2D eigenvalue weighted by atomic mass is 9.86. The zero-order valence-electron chi connectivity index (χ0n) is 12.9. The summed E-state index contributed by atoms with van der Waals surface area (Å²) >= 11 is 0. The smallest absolute Gasteiger partial charge is 0.238 e. The summed E-state index contributed by atoms with van der Waals surface area (Å²) in [4.78, 5) is 25.4. The summed E-state index contributed by atoms with van der Waals surface area (Å²) in [7, 11) is 0. The number of benzene rings is 1. The van der Waals surface area contributed by atoms with Crippen LogP contribution in [0.15, 0.2) is 24.3 Å². The molecule has 0 aliphatic carbocycles. The van der Waals surface area contributed by atoms with Gasteiger partial charge in [-0.15, -0.1) is 0 Å². The molecule has 0 saturated carbocycles. The van der Waals surface area contributed by atoms with Crippen LogP contribution >= 0.6 is 0 Å². The fourth-order valence-corrected chi connectivity index (χ4v) is 2.47. The van der Waals surface area contributed by atoms with Gasteiger partial charge in [-0.2, -0.15) is 0 Å². The number of nitrogens with one attached hydrogen (secondary N) is 2. The van der Waals surface area contributed by atoms with Crippen LogP contribution in [0, 0.1) is 0 Å². The van der Waals surface area contributed by atoms with Gasteiger partial charge in [-0.1, -0.05) is 39.0 Å². The number of anilines is 1. The molecule has 1 fully saturated rings. The first-order chi connectivity index (χ1) is 9.86. The van der Waals surface area contributed by atoms with Crippen molar-refractivity contribution in [3.05, 3.63) is 29.8 Å². The van der Waals surface area contributed by atoms with Crippen LogP contribution in [-0.4, -0.2) is 42.9 Å². The molecule has 5 heteroatoms. The number of piperazine rings is 1. The van der Waals surface area contributed by atoms with Crippen molar-refractivity contribution in [1.29, 1.82) is 0 Å². The zero-order chi connectivity index (χ0) is 15.5. The molecular weight excluding hydrogens is 266 g/mol. The average molecular weight is 289 g/mol. The van der Waals surface area contributed by atoms with Crippen LogP contribution in [0.1, 0.15) is 26.3 Å². The van der Waals surface area contributed by atoms with Crippen molar-refractivity contribution in [1.82, 2.24) is 10.2 Å². The van der Waals surface area contributed by atoms with Gasteiger partial charge in [-0.3, -0.25) is 14.5 Å². The van der Waals surface area contributed by atoms with Gasteiger partial charge in [0, 0.05) is 18.8 Å². The zero-order valence-corrected chi connectivity index (χ0v) is 12.9. The third kappa shape index (κ3) is 4.29. The molecule has 1 aromatic carbocycles. The lowest BCUT2D eigenvalue weighted by Crippen LogP contribution is -2.49. The van der Waals surface area contributed by atoms with Crippen molar-refractivity contribution in [2.75, 3.05) is 31.5 Å². The number of hydrogen-bond acceptors (Lipinski definition) is 3. The number of nitrogens with zero attached hydrogens (tertiary/aromatic N) is 1. The van der Waals surface area contributed by atoms with Crippen LogP contribution in [0.25, 0.3) is 0 Å². The molecule has 0 unspecified atom stereocenters. The maximum Gasteiger partial charge on any atom is 0.238 e. The molecule has 1 heterocycles. The van der Waals surface area contributed by atoms with E-state index < -0.39 is 0 Å². The van der Waals surface area contributed by atoms with Crippen molar-refractivity contribution in [2.45, 2.75) is 26.2 Å². The highest BCUT2D eigenvalue weighted by atomic mass is 16.2. The van der Waals surface area contributed by atoms with Gasteiger partial charge in [0.15, 0.2) is 0 Å². The number of rotatable bonds is 3. The highest BCUT2D eigenvalue weighted by Crippen LogP contribution is 2.29. The van der Waals surface area contributed by atoms with E-state index >= 15 is 0 Å². The van der Waals surface area contributed by atoms with E-state index in [0.29, 0.717) is 13.1 Å². The minimum atomic E-state index is -0.0820. The molecule has 114 valence electrons. The molecule has 0 aromatic heterocycles. The topological polar surface area (TPSA) is 61.4 Å². The fraction of sp³-hybridized carbons (Fsp3) is 0.500. The normalized spacial score (nSPS) is 16.4. The van der Waals surface area contributed by atoms with E-state index in [1.54, 1.807) is 0 Å². The second-order valence-corrected chi connectivity index (χ2v) is 6.40. The standard InChI is InChI=1S/C16H23N3O2/c1-16(2,3)12-6-4-5-7-13(12)18-15(21)11-19-9-8-17-14(20)10-19/h4-7H,8-11H2,1-3H3,(H,17,20)(H,18,21). The van der Waals surface area contributed by atoms with E-state index in [9.17, 15) is 9.59 Å². The molecule has 0 radical (unpaired) electrons. The minimum Gasteiger partial charge on any atom is -0.354 e. The first-order valence-electron chi connectivity index (χ1n) is 7.24. The van der Waals surface area contributed by atoms with Gasteiger partial charge < -0.3 is 10.6 Å². The van der Waals surface area contributed by atoms with Gasteiger partial charge >= 0.3 is 0 Å². The summed E-state index contributed by atoms with van der Waals surface area (Å²) in [5.41, 5.74) is 1.92. The molecule has 0 bridgehead atoms. The molecular formula is C16H23N3O2. The molecule has 2 N–H and O–H groups in total. The second-order valence-electron chi connectivity index (χ2n) is 6.40. The van der Waals surface area contributed by atoms with Crippen LogP contribution in [0.3, 0.4) is 0 Å².